The van der Waals surface area contributed by atoms with Gasteiger partial charge in [-0.05, 0) is 73.4 Å². The van der Waals surface area contributed by atoms with E-state index in [2.05, 4.69) is 58.0 Å². The molecule has 0 radical (unpaired) electrons. The molecule has 0 bridgehead atoms. The minimum Gasteiger partial charge on any atom is -0.493 e. The summed E-state index contributed by atoms with van der Waals surface area (Å²) in [4.78, 5) is 12.3. The number of carbonyl (C=O) groups excluding carboxylic acids is 1. The number of carbonyl (C=O) groups is 1. The molecule has 0 spiro atoms. The molecule has 1 fully saturated rings. The number of hydrogen-bond acceptors (Lipinski definition) is 3. The second kappa shape index (κ2) is 12.3. The van der Waals surface area contributed by atoms with Gasteiger partial charge in [-0.1, -0.05) is 91.0 Å². The Morgan fingerprint density at radius 2 is 1.36 bits per heavy atom. The maximum atomic E-state index is 12.3. The molecule has 0 aliphatic heterocycles. The molecule has 3 rings (SSSR count). The Bertz CT molecular complexity index is 1000. The van der Waals surface area contributed by atoms with E-state index in [-0.39, 0.29) is 17.8 Å². The first kappa shape index (κ1) is 28.3. The summed E-state index contributed by atoms with van der Waals surface area (Å²) in [5.74, 6) is 2.75. The largest absolute Gasteiger partial charge is 0.493 e. The topological polar surface area (TPSA) is 35.5 Å². The number of Topliss-reactive ketones (excluding diaryl/α,β-unsaturated/α-hetero) is 1. The zero-order chi connectivity index (χ0) is 26.3. The van der Waals surface area contributed by atoms with Crippen molar-refractivity contribution in [2.45, 2.75) is 105 Å². The van der Waals surface area contributed by atoms with Crippen molar-refractivity contribution in [3.63, 3.8) is 0 Å². The van der Waals surface area contributed by atoms with Gasteiger partial charge in [-0.3, -0.25) is 4.79 Å². The van der Waals surface area contributed by atoms with E-state index in [9.17, 15) is 4.79 Å². The molecular weight excluding hydrogens is 444 g/mol. The summed E-state index contributed by atoms with van der Waals surface area (Å²) in [5.41, 5.74) is 4.44. The van der Waals surface area contributed by atoms with Gasteiger partial charge in [0.1, 0.15) is 18.1 Å². The second-order valence-electron chi connectivity index (χ2n) is 11.9. The van der Waals surface area contributed by atoms with E-state index in [0.29, 0.717) is 0 Å². The molecule has 2 aromatic carbocycles. The molecule has 0 unspecified atom stereocenters. The Kier molecular flexibility index (Phi) is 9.66. The van der Waals surface area contributed by atoms with Crippen LogP contribution in [0.2, 0.25) is 0 Å². The van der Waals surface area contributed by atoms with Crippen LogP contribution in [0.15, 0.2) is 36.4 Å². The van der Waals surface area contributed by atoms with E-state index < -0.39 is 5.41 Å². The van der Waals surface area contributed by atoms with Crippen LogP contribution in [0.25, 0.3) is 0 Å². The molecule has 0 saturated heterocycles. The molecule has 0 atom stereocenters. The number of aryl methyl sites for hydroxylation is 2. The van der Waals surface area contributed by atoms with E-state index >= 15 is 0 Å². The highest BCUT2D eigenvalue weighted by Gasteiger charge is 2.32. The SMILES string of the molecule is CCC(CC)(c1ccc(OCCC2CCCCC2)c(C)c1)c1ccc(OCC(=O)C(C)(C)C)c(C)c1. The minimum atomic E-state index is -0.392. The van der Waals surface area contributed by atoms with Crippen molar-refractivity contribution in [1.29, 1.82) is 0 Å². The first-order valence-corrected chi connectivity index (χ1v) is 14.1. The maximum absolute atomic E-state index is 12.3. The molecule has 0 N–H and O–H groups in total. The van der Waals surface area contributed by atoms with Crippen LogP contribution in [0.3, 0.4) is 0 Å². The molecule has 3 heteroatoms. The fraction of sp³-hybridized carbons (Fsp3) is 0.606. The van der Waals surface area contributed by atoms with Crippen LogP contribution in [0.1, 0.15) is 108 Å². The Balaban J connectivity index is 1.75. The van der Waals surface area contributed by atoms with Crippen LogP contribution in [0, 0.1) is 25.2 Å². The van der Waals surface area contributed by atoms with Crippen LogP contribution in [-0.4, -0.2) is 19.0 Å². The number of rotatable bonds is 11. The van der Waals surface area contributed by atoms with E-state index in [1.54, 1.807) is 0 Å². The van der Waals surface area contributed by atoms with Crippen molar-refractivity contribution in [3.05, 3.63) is 58.7 Å². The molecule has 1 aliphatic rings. The predicted molar refractivity (Wildman–Crippen MR) is 150 cm³/mol. The second-order valence-corrected chi connectivity index (χ2v) is 11.9. The predicted octanol–water partition coefficient (Wildman–Crippen LogP) is 8.75. The van der Waals surface area contributed by atoms with E-state index in [4.69, 9.17) is 9.47 Å². The highest BCUT2D eigenvalue weighted by molar-refractivity contribution is 5.85. The molecule has 3 nitrogen and oxygen atoms in total. The van der Waals surface area contributed by atoms with E-state index in [1.807, 2.05) is 26.8 Å². The maximum Gasteiger partial charge on any atom is 0.175 e. The number of hydrogen-bond donors (Lipinski definition) is 0. The van der Waals surface area contributed by atoms with E-state index in [0.717, 1.165) is 42.4 Å². The first-order valence-electron chi connectivity index (χ1n) is 14.1. The van der Waals surface area contributed by atoms with Gasteiger partial charge >= 0.3 is 0 Å². The van der Waals surface area contributed by atoms with Crippen LogP contribution < -0.4 is 9.47 Å². The van der Waals surface area contributed by atoms with Gasteiger partial charge in [-0.2, -0.15) is 0 Å². The molecule has 0 aromatic heterocycles. The van der Waals surface area contributed by atoms with Crippen molar-refractivity contribution in [2.75, 3.05) is 13.2 Å². The van der Waals surface area contributed by atoms with Gasteiger partial charge in [0.2, 0.25) is 0 Å². The van der Waals surface area contributed by atoms with Crippen LogP contribution in [0.4, 0.5) is 0 Å². The summed E-state index contributed by atoms with van der Waals surface area (Å²) in [5, 5.41) is 0. The van der Waals surface area contributed by atoms with Crippen molar-refractivity contribution in [3.8, 4) is 11.5 Å². The molecular formula is C33H48O3. The zero-order valence-electron chi connectivity index (χ0n) is 23.8. The Labute approximate surface area is 220 Å². The van der Waals surface area contributed by atoms with Crippen molar-refractivity contribution < 1.29 is 14.3 Å². The molecule has 2 aromatic rings. The van der Waals surface area contributed by atoms with Crippen molar-refractivity contribution >= 4 is 5.78 Å². The molecule has 198 valence electrons. The highest BCUT2D eigenvalue weighted by Crippen LogP contribution is 2.41. The summed E-state index contributed by atoms with van der Waals surface area (Å²) in [6, 6.07) is 13.2. The summed E-state index contributed by atoms with van der Waals surface area (Å²) in [7, 11) is 0. The third-order valence-corrected chi connectivity index (χ3v) is 8.37. The van der Waals surface area contributed by atoms with Crippen LogP contribution >= 0.6 is 0 Å². The van der Waals surface area contributed by atoms with Gasteiger partial charge < -0.3 is 9.47 Å². The molecule has 36 heavy (non-hydrogen) atoms. The molecule has 1 saturated carbocycles. The van der Waals surface area contributed by atoms with Gasteiger partial charge in [-0.25, -0.2) is 0 Å². The van der Waals surface area contributed by atoms with Crippen molar-refractivity contribution in [1.82, 2.24) is 0 Å². The average Bonchev–Trinajstić information content (AvgIpc) is 2.85. The fourth-order valence-electron chi connectivity index (χ4n) is 5.62. The van der Waals surface area contributed by atoms with Gasteiger partial charge in [0.05, 0.1) is 6.61 Å². The number of ketones is 1. The van der Waals surface area contributed by atoms with Crippen LogP contribution in [0.5, 0.6) is 11.5 Å². The quantitative estimate of drug-likeness (QED) is 0.314. The lowest BCUT2D eigenvalue weighted by Crippen LogP contribution is -2.27. The normalized spacial score (nSPS) is 15.1. The first-order chi connectivity index (χ1) is 17.1. The molecule has 1 aliphatic carbocycles. The minimum absolute atomic E-state index is 0.0735. The summed E-state index contributed by atoms with van der Waals surface area (Å²) >= 11 is 0. The lowest BCUT2D eigenvalue weighted by Gasteiger charge is -2.34. The van der Waals surface area contributed by atoms with Gasteiger partial charge in [-0.15, -0.1) is 0 Å². The standard InChI is InChI=1S/C33H48O3/c1-8-33(9-2,28-16-18-30(25(4)22-28)36-23-31(34)32(5,6)7)27-15-17-29(24(3)21-27)35-20-19-26-13-11-10-12-14-26/h15-18,21-22,26H,8-14,19-20,23H2,1-7H3. The lowest BCUT2D eigenvalue weighted by atomic mass is 9.70. The smallest absolute Gasteiger partial charge is 0.175 e. The van der Waals surface area contributed by atoms with Gasteiger partial charge in [0, 0.05) is 10.8 Å². The third kappa shape index (κ3) is 6.72. The summed E-state index contributed by atoms with van der Waals surface area (Å²) in [6.45, 7) is 15.5. The number of benzene rings is 2. The molecule has 0 heterocycles. The fourth-order valence-corrected chi connectivity index (χ4v) is 5.62. The zero-order valence-corrected chi connectivity index (χ0v) is 23.8. The van der Waals surface area contributed by atoms with Crippen molar-refractivity contribution in [2.24, 2.45) is 11.3 Å². The third-order valence-electron chi connectivity index (χ3n) is 8.37. The van der Waals surface area contributed by atoms with E-state index in [1.165, 1.54) is 55.2 Å². The summed E-state index contributed by atoms with van der Waals surface area (Å²) < 4.78 is 12.2. The highest BCUT2D eigenvalue weighted by atomic mass is 16.5. The Morgan fingerprint density at radius 1 is 0.833 bits per heavy atom. The average molecular weight is 493 g/mol. The molecule has 0 amide bonds. The number of ether oxygens (including phenoxy) is 2. The van der Waals surface area contributed by atoms with Gasteiger partial charge in [0.15, 0.2) is 5.78 Å². The monoisotopic (exact) mass is 492 g/mol. The van der Waals surface area contributed by atoms with Crippen LogP contribution in [-0.2, 0) is 10.2 Å². The van der Waals surface area contributed by atoms with Gasteiger partial charge in [0.25, 0.3) is 0 Å². The Hall–Kier alpha value is -2.29. The Morgan fingerprint density at radius 3 is 1.83 bits per heavy atom. The summed E-state index contributed by atoms with van der Waals surface area (Å²) in [6.07, 6.45) is 10.1. The lowest BCUT2D eigenvalue weighted by molar-refractivity contribution is -0.128.